The highest BCUT2D eigenvalue weighted by molar-refractivity contribution is 5.36. The molecule has 1 aliphatic heterocycles. The minimum atomic E-state index is 0.323. The molecule has 3 rings (SSSR count). The fourth-order valence-corrected chi connectivity index (χ4v) is 3.19. The third-order valence-corrected chi connectivity index (χ3v) is 4.57. The van der Waals surface area contributed by atoms with E-state index < -0.39 is 0 Å². The molecule has 0 radical (unpaired) electrons. The van der Waals surface area contributed by atoms with Crippen LogP contribution in [-0.4, -0.2) is 37.7 Å². The van der Waals surface area contributed by atoms with Crippen LogP contribution in [0.2, 0.25) is 0 Å². The fraction of sp³-hybridized carbons (Fsp3) is 0.625. The highest BCUT2D eigenvalue weighted by atomic mass is 16.5. The monoisotopic (exact) mass is 260 g/mol. The van der Waals surface area contributed by atoms with Crippen molar-refractivity contribution in [2.45, 2.75) is 37.3 Å². The Morgan fingerprint density at radius 3 is 2.74 bits per heavy atom. The Bertz CT molecular complexity index is 425. The van der Waals surface area contributed by atoms with Crippen molar-refractivity contribution in [1.29, 1.82) is 0 Å². The molecule has 0 aromatic heterocycles. The Morgan fingerprint density at radius 1 is 1.32 bits per heavy atom. The van der Waals surface area contributed by atoms with Crippen molar-refractivity contribution in [2.75, 3.05) is 26.8 Å². The van der Waals surface area contributed by atoms with Crippen LogP contribution in [0, 0.1) is 0 Å². The second-order valence-electron chi connectivity index (χ2n) is 5.84. The lowest BCUT2D eigenvalue weighted by molar-refractivity contribution is 0.134. The van der Waals surface area contributed by atoms with Crippen molar-refractivity contribution in [3.63, 3.8) is 0 Å². The van der Waals surface area contributed by atoms with Crippen LogP contribution >= 0.6 is 0 Å². The van der Waals surface area contributed by atoms with Gasteiger partial charge in [0.15, 0.2) is 0 Å². The summed E-state index contributed by atoms with van der Waals surface area (Å²) in [4.78, 5) is 2.42. The minimum absolute atomic E-state index is 0.323. The molecule has 3 nitrogen and oxygen atoms in total. The average molecular weight is 260 g/mol. The number of hydrogen-bond acceptors (Lipinski definition) is 3. The molecule has 1 saturated carbocycles. The number of nitrogens with zero attached hydrogens (tertiary/aromatic N) is 1. The summed E-state index contributed by atoms with van der Waals surface area (Å²) in [6, 6.07) is 9.68. The van der Waals surface area contributed by atoms with E-state index >= 15 is 0 Å². The number of hydrogen-bond donors (Lipinski definition) is 1. The average Bonchev–Trinajstić information content (AvgIpc) is 3.14. The van der Waals surface area contributed by atoms with Gasteiger partial charge in [0.05, 0.1) is 6.61 Å². The predicted molar refractivity (Wildman–Crippen MR) is 77.2 cm³/mol. The Labute approximate surface area is 115 Å². The van der Waals surface area contributed by atoms with E-state index in [9.17, 15) is 0 Å². The number of ether oxygens (including phenoxy) is 1. The van der Waals surface area contributed by atoms with Crippen LogP contribution in [0.15, 0.2) is 24.3 Å². The van der Waals surface area contributed by atoms with E-state index in [1.165, 1.54) is 24.0 Å². The van der Waals surface area contributed by atoms with Gasteiger partial charge in [-0.15, -0.1) is 0 Å². The van der Waals surface area contributed by atoms with Gasteiger partial charge >= 0.3 is 0 Å². The van der Waals surface area contributed by atoms with Crippen molar-refractivity contribution in [1.82, 2.24) is 4.90 Å². The summed E-state index contributed by atoms with van der Waals surface area (Å²) in [5.74, 6) is 0.776. The Balaban J connectivity index is 1.84. The molecule has 0 amide bonds. The largest absolute Gasteiger partial charge is 0.380 e. The molecule has 0 bridgehead atoms. The van der Waals surface area contributed by atoms with E-state index in [0.717, 1.165) is 25.6 Å². The van der Waals surface area contributed by atoms with Gasteiger partial charge in [0.2, 0.25) is 0 Å². The van der Waals surface area contributed by atoms with Gasteiger partial charge < -0.3 is 10.5 Å². The molecule has 104 valence electrons. The molecule has 2 atom stereocenters. The van der Waals surface area contributed by atoms with Crippen LogP contribution in [0.25, 0.3) is 0 Å². The summed E-state index contributed by atoms with van der Waals surface area (Å²) in [6.07, 6.45) is 3.80. The lowest BCUT2D eigenvalue weighted by Gasteiger charge is -2.33. The van der Waals surface area contributed by atoms with Gasteiger partial charge in [0, 0.05) is 25.2 Å². The van der Waals surface area contributed by atoms with Crippen LogP contribution in [0.1, 0.15) is 42.3 Å². The van der Waals surface area contributed by atoms with E-state index in [0.29, 0.717) is 18.6 Å². The maximum atomic E-state index is 6.08. The van der Waals surface area contributed by atoms with Crippen molar-refractivity contribution < 1.29 is 4.74 Å². The van der Waals surface area contributed by atoms with Gasteiger partial charge in [-0.1, -0.05) is 24.3 Å². The molecule has 2 fully saturated rings. The normalized spacial score (nSPS) is 24.9. The molecule has 3 heteroatoms. The zero-order valence-corrected chi connectivity index (χ0v) is 11.7. The van der Waals surface area contributed by atoms with E-state index in [1.807, 2.05) is 0 Å². The van der Waals surface area contributed by atoms with Gasteiger partial charge in [0.1, 0.15) is 0 Å². The lowest BCUT2D eigenvalue weighted by Crippen LogP contribution is -2.39. The quantitative estimate of drug-likeness (QED) is 0.882. The van der Waals surface area contributed by atoms with Crippen LogP contribution in [-0.2, 0) is 4.74 Å². The smallest absolute Gasteiger partial charge is 0.0622 e. The molecule has 0 spiro atoms. The lowest BCUT2D eigenvalue weighted by atomic mass is 9.95. The first kappa shape index (κ1) is 13.1. The van der Waals surface area contributed by atoms with E-state index in [2.05, 4.69) is 36.2 Å². The SMILES string of the molecule is CN(C1CCOC1)C(CN)c1ccccc1C1CC1. The highest BCUT2D eigenvalue weighted by Gasteiger charge is 2.31. The zero-order valence-electron chi connectivity index (χ0n) is 11.7. The molecular formula is C16H24N2O. The number of benzene rings is 1. The standard InChI is InChI=1S/C16H24N2O/c1-18(13-8-9-19-11-13)16(10-17)15-5-3-2-4-14(15)12-6-7-12/h2-5,12-13,16H,6-11,17H2,1H3. The van der Waals surface area contributed by atoms with E-state index in [-0.39, 0.29) is 0 Å². The molecular weight excluding hydrogens is 236 g/mol. The highest BCUT2D eigenvalue weighted by Crippen LogP contribution is 2.43. The third kappa shape index (κ3) is 2.69. The fourth-order valence-electron chi connectivity index (χ4n) is 3.19. The van der Waals surface area contributed by atoms with Crippen LogP contribution in [0.3, 0.4) is 0 Å². The van der Waals surface area contributed by atoms with E-state index in [1.54, 1.807) is 0 Å². The number of rotatable bonds is 5. The molecule has 1 aliphatic carbocycles. The van der Waals surface area contributed by atoms with Crippen molar-refractivity contribution >= 4 is 0 Å². The zero-order chi connectivity index (χ0) is 13.2. The van der Waals surface area contributed by atoms with Crippen molar-refractivity contribution in [3.05, 3.63) is 35.4 Å². The molecule has 2 aliphatic rings. The molecule has 19 heavy (non-hydrogen) atoms. The summed E-state index contributed by atoms with van der Waals surface area (Å²) >= 11 is 0. The summed E-state index contributed by atoms with van der Waals surface area (Å²) in [6.45, 7) is 2.41. The maximum absolute atomic E-state index is 6.08. The topological polar surface area (TPSA) is 38.5 Å². The predicted octanol–water partition coefficient (Wildman–Crippen LogP) is 2.28. The van der Waals surface area contributed by atoms with Gasteiger partial charge in [-0.05, 0) is 43.4 Å². The first-order valence-electron chi connectivity index (χ1n) is 7.40. The molecule has 1 aromatic carbocycles. The third-order valence-electron chi connectivity index (χ3n) is 4.57. The molecule has 2 unspecified atom stereocenters. The van der Waals surface area contributed by atoms with Gasteiger partial charge in [-0.25, -0.2) is 0 Å². The van der Waals surface area contributed by atoms with Crippen LogP contribution in [0.5, 0.6) is 0 Å². The summed E-state index contributed by atoms with van der Waals surface area (Å²) in [7, 11) is 2.19. The first-order valence-corrected chi connectivity index (χ1v) is 7.40. The Kier molecular flexibility index (Phi) is 3.87. The Hall–Kier alpha value is -0.900. The van der Waals surface area contributed by atoms with Gasteiger partial charge in [-0.3, -0.25) is 4.90 Å². The molecule has 1 heterocycles. The maximum Gasteiger partial charge on any atom is 0.0622 e. The molecule has 1 aromatic rings. The van der Waals surface area contributed by atoms with Gasteiger partial charge in [-0.2, -0.15) is 0 Å². The second-order valence-corrected chi connectivity index (χ2v) is 5.84. The van der Waals surface area contributed by atoms with Crippen molar-refractivity contribution in [3.8, 4) is 0 Å². The van der Waals surface area contributed by atoms with Crippen molar-refractivity contribution in [2.24, 2.45) is 5.73 Å². The number of nitrogens with two attached hydrogens (primary N) is 1. The van der Waals surface area contributed by atoms with Gasteiger partial charge in [0.25, 0.3) is 0 Å². The summed E-state index contributed by atoms with van der Waals surface area (Å²) in [5.41, 5.74) is 9.03. The Morgan fingerprint density at radius 2 is 2.11 bits per heavy atom. The second kappa shape index (κ2) is 5.61. The summed E-state index contributed by atoms with van der Waals surface area (Å²) in [5, 5.41) is 0. The van der Waals surface area contributed by atoms with E-state index in [4.69, 9.17) is 10.5 Å². The molecule has 1 saturated heterocycles. The van der Waals surface area contributed by atoms with Crippen LogP contribution in [0.4, 0.5) is 0 Å². The minimum Gasteiger partial charge on any atom is -0.380 e. The summed E-state index contributed by atoms with van der Waals surface area (Å²) < 4.78 is 5.52. The van der Waals surface area contributed by atoms with Crippen LogP contribution < -0.4 is 5.73 Å². The molecule has 2 N–H and O–H groups in total. The number of likely N-dealkylation sites (N-methyl/N-ethyl adjacent to an activating group) is 1. The first-order chi connectivity index (χ1) is 9.31.